The first-order valence-electron chi connectivity index (χ1n) is 9.35. The first kappa shape index (κ1) is 17.4. The van der Waals surface area contributed by atoms with Crippen LogP contribution in [0.3, 0.4) is 0 Å². The average Bonchev–Trinajstić information content (AvgIpc) is 2.57. The van der Waals surface area contributed by atoms with E-state index in [1.54, 1.807) is 0 Å². The maximum atomic E-state index is 12.4. The number of carbonyl (C=O) groups excluding carboxylic acids is 1. The minimum absolute atomic E-state index is 0.292. The first-order valence-corrected chi connectivity index (χ1v) is 9.35. The Balaban J connectivity index is 1.37. The first-order chi connectivity index (χ1) is 11.6. The van der Waals surface area contributed by atoms with Crippen molar-refractivity contribution in [1.82, 2.24) is 10.2 Å². The summed E-state index contributed by atoms with van der Waals surface area (Å²) in [7, 11) is 0. The van der Waals surface area contributed by atoms with Gasteiger partial charge >= 0.3 is 0 Å². The quantitative estimate of drug-likeness (QED) is 0.844. The summed E-state index contributed by atoms with van der Waals surface area (Å²) >= 11 is 0. The minimum atomic E-state index is 0.292. The fourth-order valence-electron chi connectivity index (χ4n) is 3.98. The smallest absolute Gasteiger partial charge is 0.222 e. The number of fused-ring (bicyclic) bond motifs is 1. The number of amides is 1. The maximum absolute atomic E-state index is 12.4. The highest BCUT2D eigenvalue weighted by atomic mass is 16.5. The van der Waals surface area contributed by atoms with Crippen molar-refractivity contribution < 1.29 is 9.53 Å². The molecular weight excluding hydrogens is 300 g/mol. The molecule has 4 nitrogen and oxygen atoms in total. The molecule has 1 saturated heterocycles. The van der Waals surface area contributed by atoms with E-state index in [2.05, 4.69) is 43.4 Å². The summed E-state index contributed by atoms with van der Waals surface area (Å²) in [5, 5.41) is 3.61. The van der Waals surface area contributed by atoms with Crippen LogP contribution >= 0.6 is 0 Å². The summed E-state index contributed by atoms with van der Waals surface area (Å²) < 4.78 is 5.77. The highest BCUT2D eigenvalue weighted by Gasteiger charge is 2.24. The SMILES string of the molecule is C[C@@H]1CC(NCCCC(=O)N2CCc3ccccc3C2)C[C@H](C)O1. The second-order valence-corrected chi connectivity index (χ2v) is 7.32. The number of hydrogen-bond acceptors (Lipinski definition) is 3. The van der Waals surface area contributed by atoms with Gasteiger partial charge in [-0.15, -0.1) is 0 Å². The van der Waals surface area contributed by atoms with E-state index in [4.69, 9.17) is 4.74 Å². The molecular formula is C20H30N2O2. The van der Waals surface area contributed by atoms with Crippen LogP contribution in [0.1, 0.15) is 50.7 Å². The molecule has 0 aliphatic carbocycles. The van der Waals surface area contributed by atoms with Crippen molar-refractivity contribution in [2.24, 2.45) is 0 Å². The van der Waals surface area contributed by atoms with Gasteiger partial charge in [0.1, 0.15) is 0 Å². The van der Waals surface area contributed by atoms with E-state index in [0.29, 0.717) is 30.6 Å². The monoisotopic (exact) mass is 330 g/mol. The number of benzene rings is 1. The van der Waals surface area contributed by atoms with Crippen molar-refractivity contribution in [2.75, 3.05) is 13.1 Å². The molecule has 1 fully saturated rings. The predicted octanol–water partition coefficient (Wildman–Crippen LogP) is 2.90. The van der Waals surface area contributed by atoms with Crippen LogP contribution < -0.4 is 5.32 Å². The zero-order chi connectivity index (χ0) is 16.9. The van der Waals surface area contributed by atoms with Gasteiger partial charge in [-0.2, -0.15) is 0 Å². The highest BCUT2D eigenvalue weighted by molar-refractivity contribution is 5.76. The third-order valence-corrected chi connectivity index (χ3v) is 5.18. The van der Waals surface area contributed by atoms with Crippen molar-refractivity contribution in [3.05, 3.63) is 35.4 Å². The topological polar surface area (TPSA) is 41.6 Å². The summed E-state index contributed by atoms with van der Waals surface area (Å²) in [6, 6.07) is 8.99. The second-order valence-electron chi connectivity index (χ2n) is 7.32. The lowest BCUT2D eigenvalue weighted by atomic mass is 9.99. The average molecular weight is 330 g/mol. The molecule has 0 saturated carbocycles. The van der Waals surface area contributed by atoms with Crippen LogP contribution in [0.15, 0.2) is 24.3 Å². The predicted molar refractivity (Wildman–Crippen MR) is 95.8 cm³/mol. The summed E-state index contributed by atoms with van der Waals surface area (Å²) in [5.74, 6) is 0.292. The summed E-state index contributed by atoms with van der Waals surface area (Å²) in [6.45, 7) is 6.83. The molecule has 1 N–H and O–H groups in total. The number of rotatable bonds is 5. The van der Waals surface area contributed by atoms with Gasteiger partial charge < -0.3 is 15.0 Å². The summed E-state index contributed by atoms with van der Waals surface area (Å²) in [5.41, 5.74) is 2.70. The van der Waals surface area contributed by atoms with Gasteiger partial charge in [0.15, 0.2) is 0 Å². The molecule has 2 aliphatic rings. The fourth-order valence-corrected chi connectivity index (χ4v) is 3.98. The molecule has 0 aromatic heterocycles. The van der Waals surface area contributed by atoms with E-state index in [-0.39, 0.29) is 0 Å². The van der Waals surface area contributed by atoms with Gasteiger partial charge in [0.2, 0.25) is 5.91 Å². The van der Waals surface area contributed by atoms with Crippen molar-refractivity contribution in [2.45, 2.75) is 70.7 Å². The Morgan fingerprint density at radius 3 is 2.67 bits per heavy atom. The van der Waals surface area contributed by atoms with Crippen molar-refractivity contribution >= 4 is 5.91 Å². The Labute approximate surface area is 145 Å². The van der Waals surface area contributed by atoms with Crippen LogP contribution in [-0.2, 0) is 22.5 Å². The van der Waals surface area contributed by atoms with Crippen molar-refractivity contribution in [3.8, 4) is 0 Å². The van der Waals surface area contributed by atoms with Gasteiger partial charge in [-0.25, -0.2) is 0 Å². The normalized spacial score (nSPS) is 26.9. The number of nitrogens with zero attached hydrogens (tertiary/aromatic N) is 1. The molecule has 2 aliphatic heterocycles. The Bertz CT molecular complexity index is 550. The van der Waals surface area contributed by atoms with Gasteiger partial charge in [0, 0.05) is 25.6 Å². The van der Waals surface area contributed by atoms with E-state index >= 15 is 0 Å². The molecule has 1 aromatic carbocycles. The number of ether oxygens (including phenoxy) is 1. The van der Waals surface area contributed by atoms with E-state index in [1.807, 2.05) is 4.90 Å². The van der Waals surface area contributed by atoms with Crippen molar-refractivity contribution in [3.63, 3.8) is 0 Å². The van der Waals surface area contributed by atoms with Crippen LogP contribution in [0.5, 0.6) is 0 Å². The van der Waals surface area contributed by atoms with Crippen LogP contribution in [-0.4, -0.2) is 42.1 Å². The molecule has 24 heavy (non-hydrogen) atoms. The highest BCUT2D eigenvalue weighted by Crippen LogP contribution is 2.20. The minimum Gasteiger partial charge on any atom is -0.375 e. The van der Waals surface area contributed by atoms with Gasteiger partial charge in [-0.1, -0.05) is 24.3 Å². The number of nitrogens with one attached hydrogen (secondary N) is 1. The lowest BCUT2D eigenvalue weighted by Gasteiger charge is -2.33. The molecule has 1 amide bonds. The van der Waals surface area contributed by atoms with Gasteiger partial charge in [0.25, 0.3) is 0 Å². The van der Waals surface area contributed by atoms with Crippen LogP contribution in [0, 0.1) is 0 Å². The van der Waals surface area contributed by atoms with Crippen LogP contribution in [0.25, 0.3) is 0 Å². The molecule has 3 rings (SSSR count). The van der Waals surface area contributed by atoms with Crippen molar-refractivity contribution in [1.29, 1.82) is 0 Å². The van der Waals surface area contributed by atoms with Crippen LogP contribution in [0.2, 0.25) is 0 Å². The zero-order valence-electron chi connectivity index (χ0n) is 15.0. The Hall–Kier alpha value is -1.39. The standard InChI is InChI=1S/C20H30N2O2/c1-15-12-19(13-16(2)24-15)21-10-5-8-20(23)22-11-9-17-6-3-4-7-18(17)14-22/h3-4,6-7,15-16,19,21H,5,8-14H2,1-2H3/t15-,16+,19?. The van der Waals surface area contributed by atoms with E-state index in [1.165, 1.54) is 11.1 Å². The lowest BCUT2D eigenvalue weighted by Crippen LogP contribution is -2.42. The molecule has 2 heterocycles. The molecule has 0 bridgehead atoms. The largest absolute Gasteiger partial charge is 0.375 e. The molecule has 0 radical (unpaired) electrons. The summed E-state index contributed by atoms with van der Waals surface area (Å²) in [4.78, 5) is 14.5. The van der Waals surface area contributed by atoms with Crippen LogP contribution in [0.4, 0.5) is 0 Å². The zero-order valence-corrected chi connectivity index (χ0v) is 15.0. The Kier molecular flexibility index (Phi) is 5.90. The maximum Gasteiger partial charge on any atom is 0.222 e. The third kappa shape index (κ3) is 4.58. The van der Waals surface area contributed by atoms with Gasteiger partial charge in [0.05, 0.1) is 12.2 Å². The third-order valence-electron chi connectivity index (χ3n) is 5.18. The van der Waals surface area contributed by atoms with E-state index in [9.17, 15) is 4.79 Å². The lowest BCUT2D eigenvalue weighted by molar-refractivity contribution is -0.132. The molecule has 0 spiro atoms. The Morgan fingerprint density at radius 1 is 1.21 bits per heavy atom. The van der Waals surface area contributed by atoms with Gasteiger partial charge in [-0.05, 0) is 57.2 Å². The molecule has 1 unspecified atom stereocenters. The van der Waals surface area contributed by atoms with Gasteiger partial charge in [-0.3, -0.25) is 4.79 Å². The molecule has 3 atom stereocenters. The van der Waals surface area contributed by atoms with E-state index < -0.39 is 0 Å². The molecule has 4 heteroatoms. The summed E-state index contributed by atoms with van der Waals surface area (Å²) in [6.07, 6.45) is 5.35. The number of hydrogen-bond donors (Lipinski definition) is 1. The molecule has 132 valence electrons. The number of carbonyl (C=O) groups is 1. The second kappa shape index (κ2) is 8.13. The van der Waals surface area contributed by atoms with E-state index in [0.717, 1.165) is 45.3 Å². The Morgan fingerprint density at radius 2 is 1.92 bits per heavy atom. The fraction of sp³-hybridized carbons (Fsp3) is 0.650. The molecule has 1 aromatic rings.